The lowest BCUT2D eigenvalue weighted by Crippen LogP contribution is -2.46. The van der Waals surface area contributed by atoms with E-state index in [2.05, 4.69) is 50.6 Å². The van der Waals surface area contributed by atoms with Crippen LogP contribution >= 0.6 is 0 Å². The number of nitrogens with zero attached hydrogens (tertiary/aromatic N) is 3. The summed E-state index contributed by atoms with van der Waals surface area (Å²) in [5.74, 6) is 0.905. The highest BCUT2D eigenvalue weighted by molar-refractivity contribution is 5.95. The van der Waals surface area contributed by atoms with Crippen molar-refractivity contribution in [3.8, 4) is 5.75 Å². The Labute approximate surface area is 196 Å². The number of methoxy groups -OCH3 is 1. The van der Waals surface area contributed by atoms with Crippen molar-refractivity contribution in [2.75, 3.05) is 63.7 Å². The van der Waals surface area contributed by atoms with Crippen LogP contribution in [-0.2, 0) is 6.42 Å². The molecule has 2 amide bonds. The SMILES string of the molecule is CNC(=O)N(C)c1ccc2[nH]cc(CCCCN3CCN(c4ccc(OC)cc4)CC3)c2c1. The molecule has 1 aliphatic heterocycles. The number of unbranched alkanes of at least 4 members (excludes halogenated alkanes) is 1. The maximum absolute atomic E-state index is 12.0. The van der Waals surface area contributed by atoms with E-state index < -0.39 is 0 Å². The number of hydrogen-bond donors (Lipinski definition) is 2. The molecule has 7 nitrogen and oxygen atoms in total. The van der Waals surface area contributed by atoms with Crippen molar-refractivity contribution < 1.29 is 9.53 Å². The number of aryl methyl sites for hydroxylation is 1. The van der Waals surface area contributed by atoms with Crippen LogP contribution in [0.1, 0.15) is 18.4 Å². The first-order valence-corrected chi connectivity index (χ1v) is 11.8. The minimum Gasteiger partial charge on any atom is -0.497 e. The van der Waals surface area contributed by atoms with E-state index in [9.17, 15) is 4.79 Å². The molecule has 2 aromatic carbocycles. The monoisotopic (exact) mass is 449 g/mol. The Morgan fingerprint density at radius 1 is 1.09 bits per heavy atom. The second-order valence-corrected chi connectivity index (χ2v) is 8.64. The molecule has 1 saturated heterocycles. The number of piperazine rings is 1. The lowest BCUT2D eigenvalue weighted by molar-refractivity contribution is 0.249. The van der Waals surface area contributed by atoms with Crippen LogP contribution in [0.3, 0.4) is 0 Å². The van der Waals surface area contributed by atoms with Gasteiger partial charge in [0, 0.05) is 68.7 Å². The van der Waals surface area contributed by atoms with E-state index in [-0.39, 0.29) is 6.03 Å². The molecule has 1 fully saturated rings. The van der Waals surface area contributed by atoms with Crippen LogP contribution in [0.2, 0.25) is 0 Å². The first kappa shape index (κ1) is 23.0. The largest absolute Gasteiger partial charge is 0.497 e. The number of carbonyl (C=O) groups is 1. The summed E-state index contributed by atoms with van der Waals surface area (Å²) in [7, 11) is 5.15. The molecule has 33 heavy (non-hydrogen) atoms. The molecule has 2 N–H and O–H groups in total. The van der Waals surface area contributed by atoms with E-state index in [1.807, 2.05) is 18.2 Å². The zero-order chi connectivity index (χ0) is 23.2. The van der Waals surface area contributed by atoms with Crippen LogP contribution in [0.4, 0.5) is 16.2 Å². The van der Waals surface area contributed by atoms with Crippen LogP contribution < -0.4 is 19.9 Å². The molecule has 0 unspecified atom stereocenters. The molecule has 0 radical (unpaired) electrons. The maximum atomic E-state index is 12.0. The van der Waals surface area contributed by atoms with E-state index in [1.54, 1.807) is 26.1 Å². The van der Waals surface area contributed by atoms with Gasteiger partial charge in [-0.2, -0.15) is 0 Å². The predicted octanol–water partition coefficient (Wildman–Crippen LogP) is 4.10. The molecule has 1 aliphatic rings. The van der Waals surface area contributed by atoms with Crippen molar-refractivity contribution in [1.82, 2.24) is 15.2 Å². The van der Waals surface area contributed by atoms with Gasteiger partial charge in [-0.05, 0) is 73.8 Å². The molecular weight excluding hydrogens is 414 g/mol. The third-order valence-corrected chi connectivity index (χ3v) is 6.64. The standard InChI is InChI=1S/C26H35N5O2/c1-27-26(32)29(2)22-9-12-25-24(18-22)20(19-28-25)6-4-5-13-30-14-16-31(17-15-30)21-7-10-23(33-3)11-8-21/h7-12,18-19,28H,4-6,13-17H2,1-3H3,(H,27,32). The second kappa shape index (κ2) is 10.6. The molecule has 4 rings (SSSR count). The third-order valence-electron chi connectivity index (χ3n) is 6.64. The lowest BCUT2D eigenvalue weighted by Gasteiger charge is -2.36. The zero-order valence-corrected chi connectivity index (χ0v) is 19.9. The molecule has 7 heteroatoms. The van der Waals surface area contributed by atoms with Crippen molar-refractivity contribution >= 4 is 28.3 Å². The summed E-state index contributed by atoms with van der Waals surface area (Å²) >= 11 is 0. The van der Waals surface area contributed by atoms with E-state index >= 15 is 0 Å². The topological polar surface area (TPSA) is 63.8 Å². The van der Waals surface area contributed by atoms with Crippen LogP contribution in [0.15, 0.2) is 48.7 Å². The number of aromatic nitrogens is 1. The Balaban J connectivity index is 1.24. The summed E-state index contributed by atoms with van der Waals surface area (Å²) in [6.07, 6.45) is 5.50. The average molecular weight is 450 g/mol. The van der Waals surface area contributed by atoms with E-state index in [0.717, 1.165) is 62.5 Å². The summed E-state index contributed by atoms with van der Waals surface area (Å²) < 4.78 is 5.26. The highest BCUT2D eigenvalue weighted by Crippen LogP contribution is 2.26. The normalized spacial score (nSPS) is 14.5. The van der Waals surface area contributed by atoms with Crippen LogP contribution in [-0.4, -0.2) is 69.8 Å². The smallest absolute Gasteiger partial charge is 0.321 e. The second-order valence-electron chi connectivity index (χ2n) is 8.64. The molecule has 0 saturated carbocycles. The van der Waals surface area contributed by atoms with E-state index in [0.29, 0.717) is 0 Å². The number of amides is 2. The Morgan fingerprint density at radius 2 is 1.85 bits per heavy atom. The lowest BCUT2D eigenvalue weighted by atomic mass is 10.1. The molecule has 1 aromatic heterocycles. The summed E-state index contributed by atoms with van der Waals surface area (Å²) in [4.78, 5) is 22.0. The molecule has 0 bridgehead atoms. The quantitative estimate of drug-likeness (QED) is 0.509. The van der Waals surface area contributed by atoms with Gasteiger partial charge < -0.3 is 19.9 Å². The maximum Gasteiger partial charge on any atom is 0.321 e. The number of rotatable bonds is 8. The molecule has 2 heterocycles. The third kappa shape index (κ3) is 5.42. The number of benzene rings is 2. The first-order chi connectivity index (χ1) is 16.1. The minimum absolute atomic E-state index is 0.112. The van der Waals surface area contributed by atoms with Gasteiger partial charge in [-0.25, -0.2) is 4.79 Å². The van der Waals surface area contributed by atoms with Gasteiger partial charge in [0.05, 0.1) is 7.11 Å². The van der Waals surface area contributed by atoms with Gasteiger partial charge in [-0.3, -0.25) is 9.80 Å². The number of anilines is 2. The molecule has 3 aromatic rings. The molecule has 176 valence electrons. The average Bonchev–Trinajstić information content (AvgIpc) is 3.28. The van der Waals surface area contributed by atoms with Crippen molar-refractivity contribution in [1.29, 1.82) is 0 Å². The summed E-state index contributed by atoms with van der Waals surface area (Å²) in [6, 6.07) is 14.4. The number of H-pyrrole nitrogens is 1. The zero-order valence-electron chi connectivity index (χ0n) is 19.9. The van der Waals surface area contributed by atoms with Crippen molar-refractivity contribution in [3.63, 3.8) is 0 Å². The van der Waals surface area contributed by atoms with Gasteiger partial charge in [0.15, 0.2) is 0 Å². The summed E-state index contributed by atoms with van der Waals surface area (Å²) in [6.45, 7) is 5.49. The van der Waals surface area contributed by atoms with Gasteiger partial charge in [0.2, 0.25) is 0 Å². The fourth-order valence-electron chi connectivity index (χ4n) is 4.54. The molecule has 0 atom stereocenters. The molecule has 0 spiro atoms. The number of hydrogen-bond acceptors (Lipinski definition) is 4. The van der Waals surface area contributed by atoms with Gasteiger partial charge in [0.25, 0.3) is 0 Å². The number of urea groups is 1. The van der Waals surface area contributed by atoms with Crippen LogP contribution in [0, 0.1) is 0 Å². The predicted molar refractivity (Wildman–Crippen MR) is 136 cm³/mol. The Bertz CT molecular complexity index is 1050. The minimum atomic E-state index is -0.112. The van der Waals surface area contributed by atoms with Crippen molar-refractivity contribution in [2.24, 2.45) is 0 Å². The van der Waals surface area contributed by atoms with Gasteiger partial charge >= 0.3 is 6.03 Å². The number of aromatic amines is 1. The Hall–Kier alpha value is -3.19. The number of ether oxygens (including phenoxy) is 1. The fraction of sp³-hybridized carbons (Fsp3) is 0.423. The van der Waals surface area contributed by atoms with Crippen LogP contribution in [0.5, 0.6) is 5.75 Å². The highest BCUT2D eigenvalue weighted by atomic mass is 16.5. The number of carbonyl (C=O) groups excluding carboxylic acids is 1. The Kier molecular flexibility index (Phi) is 7.40. The summed E-state index contributed by atoms with van der Waals surface area (Å²) in [5, 5.41) is 3.88. The Morgan fingerprint density at radius 3 is 2.55 bits per heavy atom. The fourth-order valence-corrected chi connectivity index (χ4v) is 4.54. The van der Waals surface area contributed by atoms with Gasteiger partial charge in [-0.15, -0.1) is 0 Å². The molecular formula is C26H35N5O2. The summed E-state index contributed by atoms with van der Waals surface area (Å²) in [5.41, 5.74) is 4.61. The number of nitrogens with one attached hydrogen (secondary N) is 2. The molecule has 0 aliphatic carbocycles. The van der Waals surface area contributed by atoms with Gasteiger partial charge in [0.1, 0.15) is 5.75 Å². The first-order valence-electron chi connectivity index (χ1n) is 11.8. The van der Waals surface area contributed by atoms with Crippen LogP contribution in [0.25, 0.3) is 10.9 Å². The van der Waals surface area contributed by atoms with Crippen molar-refractivity contribution in [3.05, 3.63) is 54.2 Å². The van der Waals surface area contributed by atoms with E-state index in [1.165, 1.54) is 23.1 Å². The highest BCUT2D eigenvalue weighted by Gasteiger charge is 2.17. The van der Waals surface area contributed by atoms with Crippen molar-refractivity contribution in [2.45, 2.75) is 19.3 Å². The van der Waals surface area contributed by atoms with E-state index in [4.69, 9.17) is 4.74 Å². The number of fused-ring (bicyclic) bond motifs is 1. The van der Waals surface area contributed by atoms with Gasteiger partial charge in [-0.1, -0.05) is 0 Å².